The van der Waals surface area contributed by atoms with Gasteiger partial charge in [-0.3, -0.25) is 0 Å². The summed E-state index contributed by atoms with van der Waals surface area (Å²) in [7, 11) is 0. The Morgan fingerprint density at radius 1 is 1.41 bits per heavy atom. The molecule has 2 nitrogen and oxygen atoms in total. The highest BCUT2D eigenvalue weighted by Crippen LogP contribution is 2.32. The van der Waals surface area contributed by atoms with Gasteiger partial charge in [-0.25, -0.2) is 0 Å². The molecule has 1 fully saturated rings. The van der Waals surface area contributed by atoms with Crippen molar-refractivity contribution < 1.29 is 4.74 Å². The Hall–Kier alpha value is -0.540. The fourth-order valence-electron chi connectivity index (χ4n) is 1.87. The molecule has 0 spiro atoms. The zero-order valence-electron chi connectivity index (χ0n) is 10.3. The summed E-state index contributed by atoms with van der Waals surface area (Å²) in [6.45, 7) is 3.80. The molecule has 0 radical (unpaired) electrons. The van der Waals surface area contributed by atoms with Gasteiger partial charge in [0.2, 0.25) is 0 Å². The normalized spacial score (nSPS) is 16.9. The second kappa shape index (κ2) is 5.87. The first-order valence-electron chi connectivity index (χ1n) is 6.32. The Morgan fingerprint density at radius 3 is 2.82 bits per heavy atom. The number of nitrogens with two attached hydrogens (primary N) is 1. The lowest BCUT2D eigenvalue weighted by Gasteiger charge is -2.13. The van der Waals surface area contributed by atoms with Crippen molar-refractivity contribution in [2.24, 2.45) is 11.7 Å². The topological polar surface area (TPSA) is 35.2 Å². The fourth-order valence-corrected chi connectivity index (χ4v) is 2.36. The van der Waals surface area contributed by atoms with E-state index in [9.17, 15) is 0 Å². The van der Waals surface area contributed by atoms with Gasteiger partial charge in [0.25, 0.3) is 0 Å². The lowest BCUT2D eigenvalue weighted by molar-refractivity contribution is 0.299. The molecule has 1 aliphatic rings. The van der Waals surface area contributed by atoms with Crippen LogP contribution in [0.2, 0.25) is 0 Å². The second-order valence-electron chi connectivity index (χ2n) is 4.95. The third kappa shape index (κ3) is 4.00. The Balaban J connectivity index is 2.04. The highest BCUT2D eigenvalue weighted by Gasteiger charge is 2.22. The summed E-state index contributed by atoms with van der Waals surface area (Å²) < 4.78 is 6.91. The summed E-state index contributed by atoms with van der Waals surface area (Å²) in [6.07, 6.45) is 3.66. The smallest absolute Gasteiger partial charge is 0.120 e. The van der Waals surface area contributed by atoms with E-state index in [1.54, 1.807) is 0 Å². The van der Waals surface area contributed by atoms with Crippen LogP contribution in [0, 0.1) is 5.92 Å². The molecule has 2 N–H and O–H groups in total. The second-order valence-corrected chi connectivity index (χ2v) is 5.87. The first-order valence-corrected chi connectivity index (χ1v) is 7.11. The van der Waals surface area contributed by atoms with E-state index in [4.69, 9.17) is 10.5 Å². The summed E-state index contributed by atoms with van der Waals surface area (Å²) >= 11 is 3.54. The van der Waals surface area contributed by atoms with Crippen molar-refractivity contribution in [2.45, 2.75) is 32.1 Å². The van der Waals surface area contributed by atoms with Gasteiger partial charge in [0.15, 0.2) is 0 Å². The number of rotatable bonds is 6. The van der Waals surface area contributed by atoms with Crippen LogP contribution in [0.15, 0.2) is 22.7 Å². The van der Waals surface area contributed by atoms with Gasteiger partial charge in [0, 0.05) is 4.47 Å². The molecule has 1 aliphatic carbocycles. The monoisotopic (exact) mass is 297 g/mol. The zero-order valence-corrected chi connectivity index (χ0v) is 11.9. The zero-order chi connectivity index (χ0) is 12.3. The quantitative estimate of drug-likeness (QED) is 0.869. The van der Waals surface area contributed by atoms with Crippen LogP contribution in [0.1, 0.15) is 37.7 Å². The molecule has 1 atom stereocenters. The summed E-state index contributed by atoms with van der Waals surface area (Å²) in [4.78, 5) is 0. The van der Waals surface area contributed by atoms with Crippen LogP contribution in [-0.4, -0.2) is 13.2 Å². The molecule has 0 aromatic heterocycles. The lowest BCUT2D eigenvalue weighted by Crippen LogP contribution is -2.05. The van der Waals surface area contributed by atoms with E-state index in [1.165, 1.54) is 18.4 Å². The maximum atomic E-state index is 5.82. The summed E-state index contributed by atoms with van der Waals surface area (Å²) in [5.41, 5.74) is 6.91. The van der Waals surface area contributed by atoms with Crippen molar-refractivity contribution in [2.75, 3.05) is 13.2 Å². The minimum atomic E-state index is 0.487. The van der Waals surface area contributed by atoms with Crippen LogP contribution in [0.4, 0.5) is 0 Å². The van der Waals surface area contributed by atoms with Crippen LogP contribution in [-0.2, 0) is 0 Å². The molecule has 1 unspecified atom stereocenters. The van der Waals surface area contributed by atoms with Gasteiger partial charge in [-0.2, -0.15) is 0 Å². The van der Waals surface area contributed by atoms with Gasteiger partial charge in [-0.1, -0.05) is 22.9 Å². The van der Waals surface area contributed by atoms with Gasteiger partial charge >= 0.3 is 0 Å². The molecule has 0 heterocycles. The van der Waals surface area contributed by atoms with E-state index in [0.717, 1.165) is 35.7 Å². The maximum absolute atomic E-state index is 5.82. The largest absolute Gasteiger partial charge is 0.493 e. The Morgan fingerprint density at radius 2 is 2.18 bits per heavy atom. The van der Waals surface area contributed by atoms with Crippen molar-refractivity contribution in [1.29, 1.82) is 0 Å². The predicted molar refractivity (Wildman–Crippen MR) is 74.4 cm³/mol. The van der Waals surface area contributed by atoms with Gasteiger partial charge < -0.3 is 10.5 Å². The van der Waals surface area contributed by atoms with E-state index in [1.807, 2.05) is 6.07 Å². The molecule has 94 valence electrons. The lowest BCUT2D eigenvalue weighted by atomic mass is 9.98. The van der Waals surface area contributed by atoms with Crippen molar-refractivity contribution in [3.05, 3.63) is 28.2 Å². The molecular weight excluding hydrogens is 278 g/mol. The molecular formula is C14H20BrNO. The first-order chi connectivity index (χ1) is 8.19. The minimum absolute atomic E-state index is 0.487. The first kappa shape index (κ1) is 12.9. The molecule has 1 aromatic rings. The Kier molecular flexibility index (Phi) is 4.46. The van der Waals surface area contributed by atoms with Gasteiger partial charge in [-0.15, -0.1) is 0 Å². The van der Waals surface area contributed by atoms with Gasteiger partial charge in [0.05, 0.1) is 6.61 Å². The molecule has 2 rings (SSSR count). The molecule has 0 saturated heterocycles. The maximum Gasteiger partial charge on any atom is 0.120 e. The van der Waals surface area contributed by atoms with Crippen molar-refractivity contribution in [3.8, 4) is 5.75 Å². The van der Waals surface area contributed by atoms with Crippen LogP contribution >= 0.6 is 15.9 Å². The summed E-state index contributed by atoms with van der Waals surface area (Å²) in [6, 6.07) is 6.35. The average molecular weight is 298 g/mol. The standard InChI is InChI=1S/C14H20BrNO/c1-10(4-5-16)12-6-13(15)8-14(7-12)17-9-11-2-3-11/h6-8,10-11H,2-5,9,16H2,1H3. The van der Waals surface area contributed by atoms with E-state index < -0.39 is 0 Å². The van der Waals surface area contributed by atoms with Crippen molar-refractivity contribution in [1.82, 2.24) is 0 Å². The number of halogens is 1. The number of ether oxygens (including phenoxy) is 1. The van der Waals surface area contributed by atoms with Gasteiger partial charge in [0.1, 0.15) is 5.75 Å². The van der Waals surface area contributed by atoms with E-state index in [-0.39, 0.29) is 0 Å². The number of hydrogen-bond donors (Lipinski definition) is 1. The number of benzene rings is 1. The average Bonchev–Trinajstić information content (AvgIpc) is 3.10. The van der Waals surface area contributed by atoms with E-state index in [0.29, 0.717) is 5.92 Å². The van der Waals surface area contributed by atoms with E-state index >= 15 is 0 Å². The SMILES string of the molecule is CC(CCN)c1cc(Br)cc(OCC2CC2)c1. The minimum Gasteiger partial charge on any atom is -0.493 e. The van der Waals surface area contributed by atoms with Crippen LogP contribution in [0.25, 0.3) is 0 Å². The van der Waals surface area contributed by atoms with E-state index in [2.05, 4.69) is 35.0 Å². The molecule has 0 aliphatic heterocycles. The molecule has 1 aromatic carbocycles. The highest BCUT2D eigenvalue weighted by atomic mass is 79.9. The molecule has 0 bridgehead atoms. The van der Waals surface area contributed by atoms with Crippen LogP contribution in [0.3, 0.4) is 0 Å². The third-order valence-electron chi connectivity index (χ3n) is 3.24. The fraction of sp³-hybridized carbons (Fsp3) is 0.571. The Bertz CT molecular complexity index is 376. The third-order valence-corrected chi connectivity index (χ3v) is 3.70. The molecule has 3 heteroatoms. The van der Waals surface area contributed by atoms with Crippen molar-refractivity contribution >= 4 is 15.9 Å². The van der Waals surface area contributed by atoms with Crippen LogP contribution in [0.5, 0.6) is 5.75 Å². The summed E-state index contributed by atoms with van der Waals surface area (Å²) in [5.74, 6) is 2.25. The summed E-state index contributed by atoms with van der Waals surface area (Å²) in [5, 5.41) is 0. The van der Waals surface area contributed by atoms with Gasteiger partial charge in [-0.05, 0) is 61.4 Å². The molecule has 17 heavy (non-hydrogen) atoms. The molecule has 1 saturated carbocycles. The van der Waals surface area contributed by atoms with Crippen molar-refractivity contribution in [3.63, 3.8) is 0 Å². The van der Waals surface area contributed by atoms with Crippen LogP contribution < -0.4 is 10.5 Å². The highest BCUT2D eigenvalue weighted by molar-refractivity contribution is 9.10. The predicted octanol–water partition coefficient (Wildman–Crippen LogP) is 3.69. The Labute approximate surface area is 112 Å². The molecule has 0 amide bonds. The number of hydrogen-bond acceptors (Lipinski definition) is 2.